The molecule has 28 heavy (non-hydrogen) atoms. The zero-order valence-electron chi connectivity index (χ0n) is 13.7. The highest BCUT2D eigenvalue weighted by Gasteiger charge is 2.33. The molecule has 2 rings (SSSR count). The van der Waals surface area contributed by atoms with Crippen LogP contribution in [0.4, 0.5) is 33.3 Å². The van der Waals surface area contributed by atoms with Crippen LogP contribution in [-0.4, -0.2) is 23.2 Å². The number of nitrogens with one attached hydrogen (secondary N) is 1. The molecular formula is C16H11F5N2O4S. The minimum Gasteiger partial charge on any atom is -0.433 e. The van der Waals surface area contributed by atoms with Crippen LogP contribution in [-0.2, 0) is 11.0 Å². The predicted molar refractivity (Wildman–Crippen MR) is 90.5 cm³/mol. The molecule has 0 fully saturated rings. The molecule has 1 N–H and O–H groups in total. The van der Waals surface area contributed by atoms with Gasteiger partial charge in [-0.25, -0.2) is 0 Å². The predicted octanol–water partition coefficient (Wildman–Crippen LogP) is 4.95. The van der Waals surface area contributed by atoms with Crippen LogP contribution in [0, 0.1) is 10.1 Å². The second-order valence-corrected chi connectivity index (χ2v) is 6.17. The van der Waals surface area contributed by atoms with Crippen molar-refractivity contribution in [2.75, 3.05) is 11.1 Å². The van der Waals surface area contributed by atoms with Crippen molar-refractivity contribution in [3.63, 3.8) is 0 Å². The van der Waals surface area contributed by atoms with Gasteiger partial charge in [-0.1, -0.05) is 12.1 Å². The first-order valence-corrected chi connectivity index (χ1v) is 8.38. The quantitative estimate of drug-likeness (QED) is 0.296. The summed E-state index contributed by atoms with van der Waals surface area (Å²) in [6.07, 6.45) is -4.75. The van der Waals surface area contributed by atoms with Crippen LogP contribution in [0.2, 0.25) is 0 Å². The second-order valence-electron chi connectivity index (χ2n) is 5.15. The number of alkyl halides is 5. The van der Waals surface area contributed by atoms with E-state index < -0.39 is 40.6 Å². The van der Waals surface area contributed by atoms with Gasteiger partial charge < -0.3 is 10.1 Å². The Morgan fingerprint density at radius 3 is 2.50 bits per heavy atom. The molecule has 150 valence electrons. The van der Waals surface area contributed by atoms with Gasteiger partial charge in [0.15, 0.2) is 0 Å². The molecule has 2 aromatic rings. The molecule has 0 radical (unpaired) electrons. The Hall–Kier alpha value is -2.89. The van der Waals surface area contributed by atoms with Gasteiger partial charge in [0, 0.05) is 6.07 Å². The molecule has 0 spiro atoms. The molecule has 12 heteroatoms. The van der Waals surface area contributed by atoms with E-state index in [0.29, 0.717) is 23.9 Å². The molecule has 0 saturated heterocycles. The molecule has 0 unspecified atom stereocenters. The maximum atomic E-state index is 12.7. The van der Waals surface area contributed by atoms with Gasteiger partial charge >= 0.3 is 12.8 Å². The average Bonchev–Trinajstić information content (AvgIpc) is 2.60. The highest BCUT2D eigenvalue weighted by molar-refractivity contribution is 8.00. The normalized spacial score (nSPS) is 11.4. The van der Waals surface area contributed by atoms with E-state index in [4.69, 9.17) is 0 Å². The van der Waals surface area contributed by atoms with E-state index in [9.17, 15) is 36.9 Å². The van der Waals surface area contributed by atoms with Crippen molar-refractivity contribution < 1.29 is 36.4 Å². The first-order chi connectivity index (χ1) is 13.1. The maximum Gasteiger partial charge on any atom is 0.416 e. The van der Waals surface area contributed by atoms with E-state index >= 15 is 0 Å². The Morgan fingerprint density at radius 2 is 1.89 bits per heavy atom. The third-order valence-electron chi connectivity index (χ3n) is 3.22. The number of anilines is 1. The number of rotatable bonds is 7. The Morgan fingerprint density at radius 1 is 1.21 bits per heavy atom. The van der Waals surface area contributed by atoms with Crippen LogP contribution in [0.15, 0.2) is 47.4 Å². The number of nitro groups is 1. The Bertz CT molecular complexity index is 876. The van der Waals surface area contributed by atoms with Crippen LogP contribution in [0.5, 0.6) is 5.75 Å². The van der Waals surface area contributed by atoms with Gasteiger partial charge in [-0.05, 0) is 24.3 Å². The Kier molecular flexibility index (Phi) is 6.78. The van der Waals surface area contributed by atoms with Crippen LogP contribution < -0.4 is 10.1 Å². The molecular weight excluding hydrogens is 411 g/mol. The second kappa shape index (κ2) is 8.87. The molecule has 6 nitrogen and oxygen atoms in total. The summed E-state index contributed by atoms with van der Waals surface area (Å²) in [4.78, 5) is 21.9. The number of nitro benzene ring substituents is 1. The third kappa shape index (κ3) is 5.81. The largest absolute Gasteiger partial charge is 0.433 e. The van der Waals surface area contributed by atoms with Crippen molar-refractivity contribution in [3.05, 3.63) is 58.1 Å². The summed E-state index contributed by atoms with van der Waals surface area (Å²) < 4.78 is 67.0. The van der Waals surface area contributed by atoms with Crippen LogP contribution in [0.25, 0.3) is 0 Å². The Balaban J connectivity index is 2.10. The van der Waals surface area contributed by atoms with E-state index in [1.54, 1.807) is 0 Å². The lowest BCUT2D eigenvalue weighted by molar-refractivity contribution is -0.388. The highest BCUT2D eigenvalue weighted by Crippen LogP contribution is 2.36. The third-order valence-corrected chi connectivity index (χ3v) is 4.28. The summed E-state index contributed by atoms with van der Waals surface area (Å²) in [7, 11) is 0. The summed E-state index contributed by atoms with van der Waals surface area (Å²) in [6, 6.07) is 7.32. The van der Waals surface area contributed by atoms with Crippen molar-refractivity contribution in [1.82, 2.24) is 0 Å². The number of halogens is 5. The number of benzene rings is 2. The molecule has 0 saturated carbocycles. The molecule has 0 aromatic heterocycles. The zero-order valence-corrected chi connectivity index (χ0v) is 14.5. The molecule has 0 atom stereocenters. The van der Waals surface area contributed by atoms with Gasteiger partial charge in [-0.3, -0.25) is 14.9 Å². The maximum absolute atomic E-state index is 12.7. The van der Waals surface area contributed by atoms with Crippen molar-refractivity contribution >= 4 is 29.0 Å². The number of hydrogen-bond donors (Lipinski definition) is 1. The van der Waals surface area contributed by atoms with Crippen molar-refractivity contribution in [2.24, 2.45) is 0 Å². The van der Waals surface area contributed by atoms with Crippen LogP contribution >= 0.6 is 11.8 Å². The van der Waals surface area contributed by atoms with E-state index in [1.807, 2.05) is 0 Å². The highest BCUT2D eigenvalue weighted by atomic mass is 32.2. The van der Waals surface area contributed by atoms with E-state index in [0.717, 1.165) is 6.07 Å². The number of carbonyl (C=O) groups is 1. The van der Waals surface area contributed by atoms with Gasteiger partial charge in [-0.2, -0.15) is 22.0 Å². The fourth-order valence-electron chi connectivity index (χ4n) is 2.06. The number of nitrogens with zero attached hydrogens (tertiary/aromatic N) is 1. The van der Waals surface area contributed by atoms with Crippen molar-refractivity contribution in [3.8, 4) is 5.75 Å². The van der Waals surface area contributed by atoms with Crippen molar-refractivity contribution in [2.45, 2.75) is 17.7 Å². The van der Waals surface area contributed by atoms with E-state index in [1.165, 1.54) is 24.3 Å². The SMILES string of the molecule is O=C(CSc1ccc(C(F)(F)F)cc1[N+](=O)[O-])Nc1ccccc1OC(F)F. The molecule has 0 bridgehead atoms. The van der Waals surface area contributed by atoms with Gasteiger partial charge in [0.25, 0.3) is 5.69 Å². The number of carbonyl (C=O) groups excluding carboxylic acids is 1. The number of thioether (sulfide) groups is 1. The standard InChI is InChI=1S/C16H11F5N2O4S/c17-15(18)27-12-4-2-1-3-10(12)22-14(24)8-28-13-6-5-9(16(19,20)21)7-11(13)23(25)26/h1-7,15H,8H2,(H,22,24). The molecule has 0 heterocycles. The topological polar surface area (TPSA) is 81.5 Å². The summed E-state index contributed by atoms with van der Waals surface area (Å²) in [5.41, 5.74) is -2.03. The molecule has 0 aliphatic rings. The molecule has 1 amide bonds. The van der Waals surface area contributed by atoms with Gasteiger partial charge in [-0.15, -0.1) is 11.8 Å². The fraction of sp³-hybridized carbons (Fsp3) is 0.188. The Labute approximate surface area is 158 Å². The first-order valence-electron chi connectivity index (χ1n) is 7.40. The zero-order chi connectivity index (χ0) is 20.9. The van der Waals surface area contributed by atoms with Gasteiger partial charge in [0.2, 0.25) is 5.91 Å². The van der Waals surface area contributed by atoms with E-state index in [2.05, 4.69) is 10.1 Å². The number of ether oxygens (including phenoxy) is 1. The first kappa shape index (κ1) is 21.4. The summed E-state index contributed by atoms with van der Waals surface area (Å²) in [5, 5.41) is 13.3. The summed E-state index contributed by atoms with van der Waals surface area (Å²) in [5.74, 6) is -1.41. The fourth-order valence-corrected chi connectivity index (χ4v) is 2.86. The van der Waals surface area contributed by atoms with E-state index in [-0.39, 0.29) is 16.3 Å². The summed E-state index contributed by atoms with van der Waals surface area (Å²) in [6.45, 7) is -3.11. The minimum atomic E-state index is -4.75. The monoisotopic (exact) mass is 422 g/mol. The smallest absolute Gasteiger partial charge is 0.416 e. The lowest BCUT2D eigenvalue weighted by Crippen LogP contribution is -2.15. The van der Waals surface area contributed by atoms with Crippen LogP contribution in [0.3, 0.4) is 0 Å². The molecule has 0 aliphatic carbocycles. The number of amides is 1. The number of hydrogen-bond acceptors (Lipinski definition) is 5. The average molecular weight is 422 g/mol. The lowest BCUT2D eigenvalue weighted by Gasteiger charge is -2.12. The molecule has 0 aliphatic heterocycles. The van der Waals surface area contributed by atoms with Crippen LogP contribution in [0.1, 0.15) is 5.56 Å². The minimum absolute atomic E-state index is 0.0460. The lowest BCUT2D eigenvalue weighted by atomic mass is 10.2. The van der Waals surface area contributed by atoms with Gasteiger partial charge in [0.1, 0.15) is 5.75 Å². The number of para-hydroxylation sites is 2. The van der Waals surface area contributed by atoms with Crippen molar-refractivity contribution in [1.29, 1.82) is 0 Å². The molecule has 2 aromatic carbocycles. The summed E-state index contributed by atoms with van der Waals surface area (Å²) >= 11 is 0.632. The van der Waals surface area contributed by atoms with Gasteiger partial charge in [0.05, 0.1) is 26.8 Å².